The van der Waals surface area contributed by atoms with Crippen LogP contribution >= 0.6 is 0 Å². The van der Waals surface area contributed by atoms with Crippen molar-refractivity contribution in [2.75, 3.05) is 26.3 Å². The molecule has 4 nitrogen and oxygen atoms in total. The van der Waals surface area contributed by atoms with Crippen molar-refractivity contribution in [1.82, 2.24) is 4.90 Å². The van der Waals surface area contributed by atoms with E-state index in [0.29, 0.717) is 6.04 Å². The predicted molar refractivity (Wildman–Crippen MR) is 85.0 cm³/mol. The Labute approximate surface area is 132 Å². The average Bonchev–Trinajstić information content (AvgIpc) is 2.57. The van der Waals surface area contributed by atoms with Crippen LogP contribution in [-0.4, -0.2) is 48.3 Å². The molecule has 0 amide bonds. The lowest BCUT2D eigenvalue weighted by Crippen LogP contribution is -2.50. The highest BCUT2D eigenvalue weighted by Gasteiger charge is 2.39. The summed E-state index contributed by atoms with van der Waals surface area (Å²) in [5.74, 6) is -0.877. The SMILES string of the molecule is O=C(O)C(c1ccccc1)C1CCCCC1N1CCOCC1. The summed E-state index contributed by atoms with van der Waals surface area (Å²) in [6.07, 6.45) is 4.47. The molecule has 1 aliphatic carbocycles. The average molecular weight is 303 g/mol. The van der Waals surface area contributed by atoms with Crippen molar-refractivity contribution < 1.29 is 14.6 Å². The zero-order chi connectivity index (χ0) is 15.4. The largest absolute Gasteiger partial charge is 0.481 e. The lowest BCUT2D eigenvalue weighted by Gasteiger charge is -2.43. The molecule has 3 rings (SSSR count). The molecule has 22 heavy (non-hydrogen) atoms. The minimum atomic E-state index is -0.684. The molecule has 1 aromatic carbocycles. The van der Waals surface area contributed by atoms with Gasteiger partial charge in [-0.2, -0.15) is 0 Å². The molecular formula is C18H25NO3. The van der Waals surface area contributed by atoms with Gasteiger partial charge in [0.25, 0.3) is 0 Å². The molecular weight excluding hydrogens is 278 g/mol. The van der Waals surface area contributed by atoms with Crippen molar-refractivity contribution in [3.05, 3.63) is 35.9 Å². The number of hydrogen-bond donors (Lipinski definition) is 1. The fourth-order valence-corrected chi connectivity index (χ4v) is 4.12. The summed E-state index contributed by atoms with van der Waals surface area (Å²) in [6, 6.07) is 10.1. The van der Waals surface area contributed by atoms with Crippen LogP contribution in [0.2, 0.25) is 0 Å². The van der Waals surface area contributed by atoms with E-state index in [-0.39, 0.29) is 5.92 Å². The molecule has 1 saturated carbocycles. The number of nitrogens with zero attached hydrogens (tertiary/aromatic N) is 1. The zero-order valence-corrected chi connectivity index (χ0v) is 13.0. The number of ether oxygens (including phenoxy) is 1. The molecule has 2 fully saturated rings. The fraction of sp³-hybridized carbons (Fsp3) is 0.611. The smallest absolute Gasteiger partial charge is 0.311 e. The molecule has 2 aliphatic rings. The van der Waals surface area contributed by atoms with Gasteiger partial charge in [0.1, 0.15) is 0 Å². The number of carbonyl (C=O) groups is 1. The maximum Gasteiger partial charge on any atom is 0.311 e. The Bertz CT molecular complexity index is 484. The molecule has 3 atom stereocenters. The summed E-state index contributed by atoms with van der Waals surface area (Å²) in [7, 11) is 0. The van der Waals surface area contributed by atoms with Gasteiger partial charge in [-0.05, 0) is 24.3 Å². The summed E-state index contributed by atoms with van der Waals surface area (Å²) in [5.41, 5.74) is 0.945. The first-order valence-corrected chi connectivity index (χ1v) is 8.37. The van der Waals surface area contributed by atoms with Crippen LogP contribution in [0.3, 0.4) is 0 Å². The minimum Gasteiger partial charge on any atom is -0.481 e. The van der Waals surface area contributed by atoms with Crippen molar-refractivity contribution >= 4 is 5.97 Å². The number of carboxylic acids is 1. The second kappa shape index (κ2) is 7.25. The van der Waals surface area contributed by atoms with E-state index in [1.807, 2.05) is 30.3 Å². The van der Waals surface area contributed by atoms with Crippen molar-refractivity contribution in [3.63, 3.8) is 0 Å². The summed E-state index contributed by atoms with van der Waals surface area (Å²) in [6.45, 7) is 3.41. The second-order valence-electron chi connectivity index (χ2n) is 6.39. The highest BCUT2D eigenvalue weighted by molar-refractivity contribution is 5.76. The van der Waals surface area contributed by atoms with Crippen LogP contribution in [0.1, 0.15) is 37.2 Å². The first-order chi connectivity index (χ1) is 10.8. The number of carboxylic acid groups (broad SMARTS) is 1. The topological polar surface area (TPSA) is 49.8 Å². The third kappa shape index (κ3) is 3.33. The van der Waals surface area contributed by atoms with Crippen molar-refractivity contribution in [3.8, 4) is 0 Å². The standard InChI is InChI=1S/C18H25NO3/c20-18(21)17(14-6-2-1-3-7-14)15-8-4-5-9-16(15)19-10-12-22-13-11-19/h1-3,6-7,15-17H,4-5,8-13H2,(H,20,21). The van der Waals surface area contributed by atoms with E-state index in [2.05, 4.69) is 4.90 Å². The van der Waals surface area contributed by atoms with Gasteiger partial charge in [0.05, 0.1) is 19.1 Å². The first-order valence-electron chi connectivity index (χ1n) is 8.37. The number of rotatable bonds is 4. The normalized spacial score (nSPS) is 28.2. The summed E-state index contributed by atoms with van der Waals surface area (Å²) < 4.78 is 5.46. The Morgan fingerprint density at radius 2 is 1.82 bits per heavy atom. The Morgan fingerprint density at radius 3 is 2.50 bits per heavy atom. The number of aliphatic carboxylic acids is 1. The maximum absolute atomic E-state index is 12.0. The molecule has 120 valence electrons. The van der Waals surface area contributed by atoms with Gasteiger partial charge >= 0.3 is 5.97 Å². The molecule has 1 aromatic rings. The Balaban J connectivity index is 1.85. The van der Waals surface area contributed by atoms with Crippen LogP contribution in [0, 0.1) is 5.92 Å². The molecule has 4 heteroatoms. The van der Waals surface area contributed by atoms with Gasteiger partial charge in [-0.15, -0.1) is 0 Å². The van der Waals surface area contributed by atoms with E-state index in [9.17, 15) is 9.90 Å². The minimum absolute atomic E-state index is 0.201. The van der Waals surface area contributed by atoms with Gasteiger partial charge in [-0.1, -0.05) is 43.2 Å². The third-order valence-corrected chi connectivity index (χ3v) is 5.15. The molecule has 1 saturated heterocycles. The maximum atomic E-state index is 12.0. The number of hydrogen-bond acceptors (Lipinski definition) is 3. The van der Waals surface area contributed by atoms with E-state index in [0.717, 1.165) is 51.1 Å². The lowest BCUT2D eigenvalue weighted by atomic mass is 9.73. The molecule has 0 bridgehead atoms. The van der Waals surface area contributed by atoms with E-state index < -0.39 is 11.9 Å². The Kier molecular flexibility index (Phi) is 5.11. The summed E-state index contributed by atoms with van der Waals surface area (Å²) in [4.78, 5) is 14.4. The highest BCUT2D eigenvalue weighted by atomic mass is 16.5. The van der Waals surface area contributed by atoms with Crippen molar-refractivity contribution in [2.24, 2.45) is 5.92 Å². The van der Waals surface area contributed by atoms with Gasteiger partial charge in [0, 0.05) is 19.1 Å². The van der Waals surface area contributed by atoms with Gasteiger partial charge in [-0.3, -0.25) is 9.69 Å². The lowest BCUT2D eigenvalue weighted by molar-refractivity contribution is -0.141. The van der Waals surface area contributed by atoms with Crippen LogP contribution < -0.4 is 0 Å². The van der Waals surface area contributed by atoms with E-state index in [4.69, 9.17) is 4.74 Å². The molecule has 0 radical (unpaired) electrons. The van der Waals surface area contributed by atoms with E-state index in [1.165, 1.54) is 6.42 Å². The Morgan fingerprint density at radius 1 is 1.14 bits per heavy atom. The van der Waals surface area contributed by atoms with Crippen LogP contribution in [0.5, 0.6) is 0 Å². The summed E-state index contributed by atoms with van der Waals surface area (Å²) in [5, 5.41) is 9.85. The molecule has 3 unspecified atom stereocenters. The Hall–Kier alpha value is -1.39. The number of benzene rings is 1. The van der Waals surface area contributed by atoms with Crippen molar-refractivity contribution in [2.45, 2.75) is 37.6 Å². The summed E-state index contributed by atoms with van der Waals surface area (Å²) >= 11 is 0. The van der Waals surface area contributed by atoms with Crippen LogP contribution in [-0.2, 0) is 9.53 Å². The third-order valence-electron chi connectivity index (χ3n) is 5.15. The predicted octanol–water partition coefficient (Wildman–Crippen LogP) is 2.75. The van der Waals surface area contributed by atoms with Gasteiger partial charge in [0.15, 0.2) is 0 Å². The molecule has 1 N–H and O–H groups in total. The fourth-order valence-electron chi connectivity index (χ4n) is 4.12. The molecule has 0 aromatic heterocycles. The quantitative estimate of drug-likeness (QED) is 0.929. The van der Waals surface area contributed by atoms with E-state index in [1.54, 1.807) is 0 Å². The number of morpholine rings is 1. The van der Waals surface area contributed by atoms with Crippen LogP contribution in [0.15, 0.2) is 30.3 Å². The van der Waals surface area contributed by atoms with Gasteiger partial charge in [0.2, 0.25) is 0 Å². The highest BCUT2D eigenvalue weighted by Crippen LogP contribution is 2.39. The monoisotopic (exact) mass is 303 g/mol. The van der Waals surface area contributed by atoms with Crippen LogP contribution in [0.25, 0.3) is 0 Å². The molecule has 1 aliphatic heterocycles. The van der Waals surface area contributed by atoms with E-state index >= 15 is 0 Å². The van der Waals surface area contributed by atoms with Gasteiger partial charge in [-0.25, -0.2) is 0 Å². The van der Waals surface area contributed by atoms with Crippen molar-refractivity contribution in [1.29, 1.82) is 0 Å². The first kappa shape index (κ1) is 15.5. The zero-order valence-electron chi connectivity index (χ0n) is 13.0. The molecule has 1 heterocycles. The molecule has 0 spiro atoms. The second-order valence-corrected chi connectivity index (χ2v) is 6.39. The van der Waals surface area contributed by atoms with Crippen LogP contribution in [0.4, 0.5) is 0 Å². The van der Waals surface area contributed by atoms with Gasteiger partial charge < -0.3 is 9.84 Å².